The second kappa shape index (κ2) is 9.38. The third kappa shape index (κ3) is 5.69. The van der Waals surface area contributed by atoms with Crippen LogP contribution in [0.5, 0.6) is 0 Å². The highest BCUT2D eigenvalue weighted by molar-refractivity contribution is 6.43. The summed E-state index contributed by atoms with van der Waals surface area (Å²) in [6.45, 7) is 1.66. The molecule has 0 aliphatic carbocycles. The molecule has 168 valence electrons. The number of morpholine rings is 1. The first-order valence-electron chi connectivity index (χ1n) is 11.2. The van der Waals surface area contributed by atoms with Gasteiger partial charge in [0.25, 0.3) is 5.91 Å². The summed E-state index contributed by atoms with van der Waals surface area (Å²) in [5, 5.41) is 12.2. The molecule has 8 nitrogen and oxygen atoms in total. The second-order valence-corrected chi connectivity index (χ2v) is 9.61. The van der Waals surface area contributed by atoms with Crippen molar-refractivity contribution in [3.63, 3.8) is 0 Å². The average Bonchev–Trinajstić information content (AvgIpc) is 2.78. The lowest BCUT2D eigenvalue weighted by Crippen LogP contribution is -2.63. The van der Waals surface area contributed by atoms with E-state index in [1.807, 2.05) is 30.3 Å². The Labute approximate surface area is 203 Å². The largest absolute Gasteiger partial charge is 0.400 e. The summed E-state index contributed by atoms with van der Waals surface area (Å²) in [6, 6.07) is 17.1. The Kier molecular flexibility index (Phi) is 6.52. The van der Waals surface area contributed by atoms with Gasteiger partial charge in [0.1, 0.15) is 31.4 Å². The van der Waals surface area contributed by atoms with Crippen LogP contribution in [0.2, 0.25) is 0 Å². The molecule has 0 bridgehead atoms. The van der Waals surface area contributed by atoms with Gasteiger partial charge in [-0.15, -0.1) is 0 Å². The molecule has 4 rings (SSSR count). The number of hydrogen-bond acceptors (Lipinski definition) is 7. The van der Waals surface area contributed by atoms with Crippen LogP contribution < -0.4 is 15.5 Å². The zero-order chi connectivity index (χ0) is 24.3. The fourth-order valence-electron chi connectivity index (χ4n) is 4.38. The number of anilines is 3. The summed E-state index contributed by atoms with van der Waals surface area (Å²) in [6.07, 6.45) is 2.57. The van der Waals surface area contributed by atoms with Crippen LogP contribution >= 0.6 is 0 Å². The second-order valence-electron chi connectivity index (χ2n) is 9.61. The number of rotatable bonds is 6. The maximum atomic E-state index is 11.8. The van der Waals surface area contributed by atoms with Gasteiger partial charge in [-0.25, -0.2) is 9.97 Å². The summed E-state index contributed by atoms with van der Waals surface area (Å²) in [5.41, 5.74) is 4.13. The van der Waals surface area contributed by atoms with Crippen LogP contribution in [0.25, 0.3) is 11.3 Å². The Balaban J connectivity index is 1.46. The van der Waals surface area contributed by atoms with Crippen LogP contribution in [0.3, 0.4) is 0 Å². The number of nitrogens with one attached hydrogen (secondary N) is 3. The molecule has 0 spiro atoms. The molecule has 1 fully saturated rings. The molecule has 0 atom stereocenters. The Morgan fingerprint density at radius 1 is 1.00 bits per heavy atom. The molecule has 3 N–H and O–H groups in total. The smallest absolute Gasteiger partial charge is 0.256 e. The highest BCUT2D eigenvalue weighted by Gasteiger charge is 2.37. The van der Waals surface area contributed by atoms with Gasteiger partial charge < -0.3 is 20.3 Å². The van der Waals surface area contributed by atoms with Crippen LogP contribution in [0.4, 0.5) is 17.3 Å². The minimum absolute atomic E-state index is 0.213. The maximum absolute atomic E-state index is 11.8. The van der Waals surface area contributed by atoms with Crippen molar-refractivity contribution in [2.75, 3.05) is 23.3 Å². The maximum Gasteiger partial charge on any atom is 0.256 e. The molecule has 3 aromatic rings. The molecule has 0 radical (unpaired) electrons. The number of ether oxygens (including phenoxy) is 1. The van der Waals surface area contributed by atoms with E-state index in [2.05, 4.69) is 69.0 Å². The van der Waals surface area contributed by atoms with Crippen molar-refractivity contribution in [2.24, 2.45) is 0 Å². The van der Waals surface area contributed by atoms with Gasteiger partial charge in [-0.1, -0.05) is 12.1 Å². The summed E-state index contributed by atoms with van der Waals surface area (Å²) in [4.78, 5) is 23.1. The van der Waals surface area contributed by atoms with Gasteiger partial charge in [-0.2, -0.15) is 0 Å². The number of amides is 1. The van der Waals surface area contributed by atoms with E-state index in [9.17, 15) is 4.79 Å². The van der Waals surface area contributed by atoms with Crippen molar-refractivity contribution >= 4 is 61.0 Å². The molecule has 1 saturated heterocycles. The third-order valence-corrected chi connectivity index (χ3v) is 5.49. The highest BCUT2D eigenvalue weighted by Crippen LogP contribution is 2.28. The van der Waals surface area contributed by atoms with E-state index in [4.69, 9.17) is 10.1 Å². The monoisotopic (exact) mass is 450 g/mol. The van der Waals surface area contributed by atoms with Crippen molar-refractivity contribution in [2.45, 2.75) is 10.8 Å². The van der Waals surface area contributed by atoms with Crippen molar-refractivity contribution in [1.82, 2.24) is 15.3 Å². The molecule has 1 amide bonds. The predicted octanol–water partition coefficient (Wildman–Crippen LogP) is -1.10. The number of benzene rings is 2. The van der Waals surface area contributed by atoms with Gasteiger partial charge in [0, 0.05) is 52.6 Å². The molecular weight excluding hydrogens is 424 g/mol. The number of carbonyl (C=O) groups excluding carboxylic acids is 1. The van der Waals surface area contributed by atoms with E-state index in [-0.39, 0.29) is 16.7 Å². The van der Waals surface area contributed by atoms with Crippen molar-refractivity contribution < 1.29 is 9.53 Å². The molecule has 0 unspecified atom stereocenters. The zero-order valence-electron chi connectivity index (χ0n) is 19.9. The average molecular weight is 450 g/mol. The highest BCUT2D eigenvalue weighted by atomic mass is 16.5. The van der Waals surface area contributed by atoms with E-state index >= 15 is 0 Å². The lowest BCUT2D eigenvalue weighted by molar-refractivity contribution is 0.0113. The molecule has 1 aliphatic rings. The van der Waals surface area contributed by atoms with E-state index < -0.39 is 0 Å². The molecule has 2 heterocycles. The van der Waals surface area contributed by atoms with Gasteiger partial charge >= 0.3 is 0 Å². The number of carbonyl (C=O) groups is 1. The van der Waals surface area contributed by atoms with Crippen LogP contribution in [-0.2, 0) is 4.74 Å². The number of hydrogen-bond donors (Lipinski definition) is 3. The summed E-state index contributed by atoms with van der Waals surface area (Å²) in [5.74, 6) is 0.170. The van der Waals surface area contributed by atoms with Crippen LogP contribution in [0, 0.1) is 5.41 Å². The van der Waals surface area contributed by atoms with E-state index in [1.54, 1.807) is 18.3 Å². The quantitative estimate of drug-likeness (QED) is 0.251. The first-order chi connectivity index (χ1) is 16.1. The summed E-state index contributed by atoms with van der Waals surface area (Å²) >= 11 is 0. The standard InChI is InChI=1S/C22H26B4N6O2/c23-21(24)11-32(12-22(25,26)34-21)17-7-5-16(6-8-17)30-20-28-10-9-18(31-20)14-1-3-15(4-2-14)19(33)29-13-27/h1-10,13H,11-12,23-26H2,(H2,27,29,33)(H,28,30,31). The first-order valence-corrected chi connectivity index (χ1v) is 11.2. The molecule has 1 aromatic heterocycles. The third-order valence-electron chi connectivity index (χ3n) is 5.49. The number of aromatic nitrogens is 2. The summed E-state index contributed by atoms with van der Waals surface area (Å²) in [7, 11) is 8.50. The Hall–Kier alpha value is -3.52. The minimum atomic E-state index is -0.320. The molecular formula is C22H26B4N6O2. The normalized spacial score (nSPS) is 16.4. The fraction of sp³-hybridized carbons (Fsp3) is 0.182. The molecule has 0 saturated carbocycles. The van der Waals surface area contributed by atoms with Gasteiger partial charge in [0.2, 0.25) is 5.95 Å². The molecule has 1 aliphatic heterocycles. The Morgan fingerprint density at radius 2 is 1.65 bits per heavy atom. The van der Waals surface area contributed by atoms with Crippen LogP contribution in [-0.4, -0.2) is 77.5 Å². The van der Waals surface area contributed by atoms with E-state index in [1.165, 1.54) is 0 Å². The summed E-state index contributed by atoms with van der Waals surface area (Å²) < 4.78 is 6.19. The molecule has 2 aromatic carbocycles. The van der Waals surface area contributed by atoms with Gasteiger partial charge in [0.15, 0.2) is 0 Å². The van der Waals surface area contributed by atoms with Crippen molar-refractivity contribution in [3.05, 3.63) is 66.4 Å². The predicted molar refractivity (Wildman–Crippen MR) is 146 cm³/mol. The van der Waals surface area contributed by atoms with Gasteiger partial charge in [0.05, 0.1) is 12.0 Å². The first kappa shape index (κ1) is 23.6. The van der Waals surface area contributed by atoms with Gasteiger partial charge in [-0.3, -0.25) is 10.2 Å². The lowest BCUT2D eigenvalue weighted by Gasteiger charge is -2.49. The van der Waals surface area contributed by atoms with Crippen molar-refractivity contribution in [3.8, 4) is 11.3 Å². The van der Waals surface area contributed by atoms with E-state index in [0.29, 0.717) is 11.5 Å². The van der Waals surface area contributed by atoms with Crippen LogP contribution in [0.15, 0.2) is 60.8 Å². The number of nitrogens with zero attached hydrogens (tertiary/aromatic N) is 3. The Bertz CT molecular complexity index is 1170. The fourth-order valence-corrected chi connectivity index (χ4v) is 4.38. The lowest BCUT2D eigenvalue weighted by atomic mass is 9.57. The SMILES string of the molecule is BC1(B)CN(c2ccc(Nc3nccc(-c4ccc(C(=O)NC=N)cc4)n3)cc2)CC(B)(B)O1. The van der Waals surface area contributed by atoms with Crippen molar-refractivity contribution in [1.29, 1.82) is 5.41 Å². The zero-order valence-corrected chi connectivity index (χ0v) is 19.9. The van der Waals surface area contributed by atoms with Gasteiger partial charge in [-0.05, 0) is 42.5 Å². The Morgan fingerprint density at radius 3 is 2.26 bits per heavy atom. The van der Waals surface area contributed by atoms with Crippen LogP contribution in [0.1, 0.15) is 10.4 Å². The molecule has 34 heavy (non-hydrogen) atoms. The minimum Gasteiger partial charge on any atom is -0.400 e. The molecule has 12 heteroatoms. The topological polar surface area (TPSA) is 103 Å². The van der Waals surface area contributed by atoms with E-state index in [0.717, 1.165) is 42.1 Å².